The summed E-state index contributed by atoms with van der Waals surface area (Å²) in [5, 5.41) is 10.0. The molecule has 20 heavy (non-hydrogen) atoms. The summed E-state index contributed by atoms with van der Waals surface area (Å²) >= 11 is 0. The first kappa shape index (κ1) is 15.1. The van der Waals surface area contributed by atoms with Crippen molar-refractivity contribution in [2.24, 2.45) is 0 Å². The topological polar surface area (TPSA) is 35.9 Å². The van der Waals surface area contributed by atoms with Crippen LogP contribution in [0.25, 0.3) is 0 Å². The second kappa shape index (κ2) is 6.95. The van der Waals surface area contributed by atoms with Crippen LogP contribution in [0.4, 0.5) is 0 Å². The Morgan fingerprint density at radius 2 is 2.25 bits per heavy atom. The third kappa shape index (κ3) is 3.64. The minimum Gasteiger partial charge on any atom is -0.507 e. The number of phenolic OH excluding ortho intramolecular Hbond substituents is 1. The fourth-order valence-electron chi connectivity index (χ4n) is 3.04. The highest BCUT2D eigenvalue weighted by atomic mass is 16.5. The van der Waals surface area contributed by atoms with Crippen LogP contribution in [-0.2, 0) is 6.54 Å². The van der Waals surface area contributed by atoms with E-state index in [1.807, 2.05) is 12.1 Å². The highest BCUT2D eigenvalue weighted by molar-refractivity contribution is 5.39. The van der Waals surface area contributed by atoms with Crippen LogP contribution >= 0.6 is 0 Å². The van der Waals surface area contributed by atoms with E-state index < -0.39 is 0 Å². The lowest BCUT2D eigenvalue weighted by molar-refractivity contribution is 0.194. The van der Waals surface area contributed by atoms with Crippen LogP contribution in [0.2, 0.25) is 0 Å². The number of aromatic hydroxyl groups is 1. The molecule has 1 saturated heterocycles. The summed E-state index contributed by atoms with van der Waals surface area (Å²) in [5.74, 6) is 1.01. The van der Waals surface area contributed by atoms with Gasteiger partial charge in [0.2, 0.25) is 0 Å². The molecule has 1 N–H and O–H groups in total. The van der Waals surface area contributed by atoms with Gasteiger partial charge >= 0.3 is 0 Å². The Bertz CT molecular complexity index is 436. The van der Waals surface area contributed by atoms with Gasteiger partial charge in [0, 0.05) is 30.8 Å². The molecule has 1 unspecified atom stereocenters. The molecule has 0 radical (unpaired) electrons. The monoisotopic (exact) mass is 278 g/mol. The Kier molecular flexibility index (Phi) is 5.26. The Labute approximate surface area is 122 Å². The van der Waals surface area contributed by atoms with Crippen LogP contribution < -0.4 is 4.74 Å². The van der Waals surface area contributed by atoms with Crippen molar-refractivity contribution < 1.29 is 9.84 Å². The molecule has 0 aromatic heterocycles. The second-order valence-electron chi connectivity index (χ2n) is 5.62. The number of phenols is 1. The molecule has 0 spiro atoms. The van der Waals surface area contributed by atoms with Gasteiger partial charge in [-0.05, 0) is 39.0 Å². The minimum absolute atomic E-state index is 0.315. The van der Waals surface area contributed by atoms with Crippen LogP contribution in [-0.4, -0.2) is 54.7 Å². The maximum atomic E-state index is 10.0. The van der Waals surface area contributed by atoms with Gasteiger partial charge in [-0.1, -0.05) is 13.0 Å². The molecule has 1 aliphatic rings. The maximum absolute atomic E-state index is 10.0. The molecule has 112 valence electrons. The Hall–Kier alpha value is -1.26. The number of hydrogen-bond acceptors (Lipinski definition) is 4. The molecule has 4 nitrogen and oxygen atoms in total. The predicted molar refractivity (Wildman–Crippen MR) is 81.3 cm³/mol. The number of hydrogen-bond donors (Lipinski definition) is 1. The first-order chi connectivity index (χ1) is 9.63. The number of ether oxygens (including phenoxy) is 1. The highest BCUT2D eigenvalue weighted by Gasteiger charge is 2.24. The fraction of sp³-hybridized carbons (Fsp3) is 0.625. The van der Waals surface area contributed by atoms with E-state index in [4.69, 9.17) is 4.74 Å². The third-order valence-corrected chi connectivity index (χ3v) is 4.16. The molecule has 0 aliphatic carbocycles. The van der Waals surface area contributed by atoms with Crippen molar-refractivity contribution in [2.45, 2.75) is 32.4 Å². The predicted octanol–water partition coefficient (Wildman–Crippen LogP) is 2.32. The molecule has 0 amide bonds. The van der Waals surface area contributed by atoms with Crippen molar-refractivity contribution in [3.05, 3.63) is 23.8 Å². The van der Waals surface area contributed by atoms with Gasteiger partial charge in [0.1, 0.15) is 11.5 Å². The van der Waals surface area contributed by atoms with Gasteiger partial charge in [-0.25, -0.2) is 0 Å². The summed E-state index contributed by atoms with van der Waals surface area (Å²) in [6.07, 6.45) is 2.59. The van der Waals surface area contributed by atoms with E-state index in [2.05, 4.69) is 23.8 Å². The van der Waals surface area contributed by atoms with Gasteiger partial charge in [-0.3, -0.25) is 4.90 Å². The molecule has 1 aliphatic heterocycles. The quantitative estimate of drug-likeness (QED) is 0.866. The second-order valence-corrected chi connectivity index (χ2v) is 5.62. The molecule has 1 heterocycles. The Morgan fingerprint density at radius 1 is 1.45 bits per heavy atom. The van der Waals surface area contributed by atoms with Crippen molar-refractivity contribution in [2.75, 3.05) is 33.8 Å². The first-order valence-corrected chi connectivity index (χ1v) is 7.42. The minimum atomic E-state index is 0.315. The summed E-state index contributed by atoms with van der Waals surface area (Å²) in [7, 11) is 3.73. The van der Waals surface area contributed by atoms with E-state index in [1.54, 1.807) is 13.2 Å². The molecule has 1 aromatic carbocycles. The zero-order valence-corrected chi connectivity index (χ0v) is 12.8. The Balaban J connectivity index is 1.92. The van der Waals surface area contributed by atoms with Crippen LogP contribution in [0, 0.1) is 0 Å². The molecule has 0 bridgehead atoms. The number of likely N-dealkylation sites (N-methyl/N-ethyl adjacent to an activating group) is 2. The molecule has 1 aromatic rings. The standard InChI is InChI=1S/C16H26N2O2/c1-4-18-9-5-6-14(18)12-17(2)11-13-7-8-15(20-3)10-16(13)19/h7-8,10,14,19H,4-6,9,11-12H2,1-3H3. The zero-order valence-electron chi connectivity index (χ0n) is 12.8. The van der Waals surface area contributed by atoms with Crippen molar-refractivity contribution in [1.29, 1.82) is 0 Å². The average molecular weight is 278 g/mol. The number of rotatable bonds is 6. The van der Waals surface area contributed by atoms with Gasteiger partial charge in [0.15, 0.2) is 0 Å². The van der Waals surface area contributed by atoms with Crippen molar-refractivity contribution >= 4 is 0 Å². The summed E-state index contributed by atoms with van der Waals surface area (Å²) in [6, 6.07) is 6.18. The van der Waals surface area contributed by atoms with Gasteiger partial charge in [0.25, 0.3) is 0 Å². The molecule has 1 fully saturated rings. The third-order valence-electron chi connectivity index (χ3n) is 4.16. The number of likely N-dealkylation sites (tertiary alicyclic amines) is 1. The highest BCUT2D eigenvalue weighted by Crippen LogP contribution is 2.25. The van der Waals surface area contributed by atoms with Crippen LogP contribution in [0.5, 0.6) is 11.5 Å². The maximum Gasteiger partial charge on any atom is 0.123 e. The van der Waals surface area contributed by atoms with Gasteiger partial charge < -0.3 is 14.7 Å². The number of nitrogens with zero attached hydrogens (tertiary/aromatic N) is 2. The van der Waals surface area contributed by atoms with Crippen LogP contribution in [0.1, 0.15) is 25.3 Å². The molecule has 4 heteroatoms. The lowest BCUT2D eigenvalue weighted by Gasteiger charge is -2.27. The summed E-state index contributed by atoms with van der Waals surface area (Å²) < 4.78 is 5.11. The largest absolute Gasteiger partial charge is 0.507 e. The molecule has 1 atom stereocenters. The SMILES string of the molecule is CCN1CCCC1CN(C)Cc1ccc(OC)cc1O. The lowest BCUT2D eigenvalue weighted by atomic mass is 10.1. The van der Waals surface area contributed by atoms with Crippen molar-refractivity contribution in [1.82, 2.24) is 9.80 Å². The summed E-state index contributed by atoms with van der Waals surface area (Å²) in [6.45, 7) is 6.41. The fourth-order valence-corrected chi connectivity index (χ4v) is 3.04. The average Bonchev–Trinajstić information content (AvgIpc) is 2.88. The van der Waals surface area contributed by atoms with Gasteiger partial charge in [-0.15, -0.1) is 0 Å². The van der Waals surface area contributed by atoms with Crippen molar-refractivity contribution in [3.63, 3.8) is 0 Å². The molecular weight excluding hydrogens is 252 g/mol. The van der Waals surface area contributed by atoms with Crippen LogP contribution in [0.15, 0.2) is 18.2 Å². The molecular formula is C16H26N2O2. The lowest BCUT2D eigenvalue weighted by Crippen LogP contribution is -2.38. The summed E-state index contributed by atoms with van der Waals surface area (Å²) in [5.41, 5.74) is 0.953. The van der Waals surface area contributed by atoms with E-state index in [-0.39, 0.29) is 0 Å². The van der Waals surface area contributed by atoms with E-state index in [9.17, 15) is 5.11 Å². The Morgan fingerprint density at radius 3 is 2.90 bits per heavy atom. The molecule has 2 rings (SSSR count). The van der Waals surface area contributed by atoms with Gasteiger partial charge in [0.05, 0.1) is 7.11 Å². The van der Waals surface area contributed by atoms with Crippen LogP contribution in [0.3, 0.4) is 0 Å². The summed E-state index contributed by atoms with van der Waals surface area (Å²) in [4.78, 5) is 4.84. The van der Waals surface area contributed by atoms with E-state index in [1.165, 1.54) is 19.4 Å². The van der Waals surface area contributed by atoms with E-state index in [0.717, 1.165) is 25.2 Å². The van der Waals surface area contributed by atoms with Gasteiger partial charge in [-0.2, -0.15) is 0 Å². The van der Waals surface area contributed by atoms with Crippen molar-refractivity contribution in [3.8, 4) is 11.5 Å². The zero-order chi connectivity index (χ0) is 14.5. The number of methoxy groups -OCH3 is 1. The normalized spacial score (nSPS) is 19.7. The first-order valence-electron chi connectivity index (χ1n) is 7.42. The number of benzene rings is 1. The molecule has 0 saturated carbocycles. The smallest absolute Gasteiger partial charge is 0.123 e. The van der Waals surface area contributed by atoms with E-state index in [0.29, 0.717) is 17.5 Å². The van der Waals surface area contributed by atoms with E-state index >= 15 is 0 Å².